The molecule has 230 valence electrons. The Morgan fingerprint density at radius 3 is 2.27 bits per heavy atom. The second-order valence-corrected chi connectivity index (χ2v) is 12.3. The maximum absolute atomic E-state index is 13.7. The number of likely N-dealkylation sites (tertiary alicyclic amines) is 1. The Hall–Kier alpha value is -2.94. The maximum Gasteiger partial charge on any atom is 0.329 e. The van der Waals surface area contributed by atoms with Crippen molar-refractivity contribution in [3.05, 3.63) is 35.9 Å². The van der Waals surface area contributed by atoms with E-state index in [1.165, 1.54) is 4.90 Å². The number of ether oxygens (including phenoxy) is 1. The zero-order valence-electron chi connectivity index (χ0n) is 25.9. The van der Waals surface area contributed by atoms with Gasteiger partial charge in [-0.1, -0.05) is 85.2 Å². The molecule has 0 aliphatic carbocycles. The molecule has 1 aliphatic heterocycles. The van der Waals surface area contributed by atoms with Crippen LogP contribution in [-0.2, 0) is 30.5 Å². The number of nitrogens with one attached hydrogen (secondary N) is 2. The van der Waals surface area contributed by atoms with Crippen LogP contribution in [0.15, 0.2) is 30.3 Å². The Bertz CT molecular complexity index is 998. The van der Waals surface area contributed by atoms with E-state index in [9.17, 15) is 24.3 Å². The SMILES string of the molecule is CC[C@H](C)[C@@H](C)[C@@H](O)CC(=O)N[C@H](C(=O)N[C@@H](CC(C)C)C(=O)N1CCC[C@H]1C(=O)OCc1ccccc1)C(C)C. The van der Waals surface area contributed by atoms with Crippen LogP contribution in [0.25, 0.3) is 0 Å². The van der Waals surface area contributed by atoms with E-state index in [-0.39, 0.29) is 42.6 Å². The number of aliphatic hydroxyl groups is 1. The number of carbonyl (C=O) groups is 4. The van der Waals surface area contributed by atoms with Gasteiger partial charge in [0.15, 0.2) is 0 Å². The minimum absolute atomic E-state index is 0.0575. The first-order valence-electron chi connectivity index (χ1n) is 15.1. The number of hydrogen-bond acceptors (Lipinski definition) is 6. The minimum atomic E-state index is -0.874. The molecule has 0 spiro atoms. The Kier molecular flexibility index (Phi) is 13.8. The van der Waals surface area contributed by atoms with Gasteiger partial charge in [0.25, 0.3) is 0 Å². The number of hydrogen-bond donors (Lipinski definition) is 3. The van der Waals surface area contributed by atoms with Crippen molar-refractivity contribution in [1.29, 1.82) is 0 Å². The first-order valence-corrected chi connectivity index (χ1v) is 15.1. The highest BCUT2D eigenvalue weighted by atomic mass is 16.5. The van der Waals surface area contributed by atoms with Gasteiger partial charge in [0.05, 0.1) is 12.5 Å². The molecule has 1 heterocycles. The highest BCUT2D eigenvalue weighted by Gasteiger charge is 2.39. The van der Waals surface area contributed by atoms with Gasteiger partial charge < -0.3 is 25.4 Å². The molecule has 0 aromatic heterocycles. The van der Waals surface area contributed by atoms with Crippen molar-refractivity contribution >= 4 is 23.7 Å². The van der Waals surface area contributed by atoms with Crippen molar-refractivity contribution in [2.75, 3.05) is 6.54 Å². The highest BCUT2D eigenvalue weighted by Crippen LogP contribution is 2.23. The predicted octanol–water partition coefficient (Wildman–Crippen LogP) is 3.83. The second kappa shape index (κ2) is 16.5. The van der Waals surface area contributed by atoms with Crippen LogP contribution in [0, 0.1) is 23.7 Å². The first kappa shape index (κ1) is 34.3. The number of esters is 1. The summed E-state index contributed by atoms with van der Waals surface area (Å²) in [5.41, 5.74) is 0.866. The Balaban J connectivity index is 2.08. The lowest BCUT2D eigenvalue weighted by Crippen LogP contribution is -2.57. The zero-order chi connectivity index (χ0) is 30.7. The van der Waals surface area contributed by atoms with Crippen molar-refractivity contribution in [3.63, 3.8) is 0 Å². The lowest BCUT2D eigenvalue weighted by Gasteiger charge is -2.31. The molecular weight excluding hydrogens is 522 g/mol. The summed E-state index contributed by atoms with van der Waals surface area (Å²) in [4.78, 5) is 54.4. The normalized spacial score (nSPS) is 18.9. The lowest BCUT2D eigenvalue weighted by molar-refractivity contribution is -0.155. The average Bonchev–Trinajstić information content (AvgIpc) is 3.43. The van der Waals surface area contributed by atoms with Gasteiger partial charge in [0.2, 0.25) is 17.7 Å². The number of amides is 3. The second-order valence-electron chi connectivity index (χ2n) is 12.3. The average molecular weight is 574 g/mol. The fraction of sp³-hybridized carbons (Fsp3) is 0.688. The topological polar surface area (TPSA) is 125 Å². The van der Waals surface area contributed by atoms with Gasteiger partial charge in [0, 0.05) is 6.54 Å². The molecule has 9 nitrogen and oxygen atoms in total. The summed E-state index contributed by atoms with van der Waals surface area (Å²) in [6.07, 6.45) is 1.54. The molecular formula is C32H51N3O6. The fourth-order valence-electron chi connectivity index (χ4n) is 5.15. The van der Waals surface area contributed by atoms with Crippen LogP contribution in [0.2, 0.25) is 0 Å². The van der Waals surface area contributed by atoms with Gasteiger partial charge in [-0.2, -0.15) is 0 Å². The molecule has 1 fully saturated rings. The molecule has 0 bridgehead atoms. The van der Waals surface area contributed by atoms with E-state index < -0.39 is 42.0 Å². The fourth-order valence-corrected chi connectivity index (χ4v) is 5.15. The van der Waals surface area contributed by atoms with Crippen molar-refractivity contribution in [2.24, 2.45) is 23.7 Å². The number of rotatable bonds is 15. The number of carbonyl (C=O) groups excluding carboxylic acids is 4. The van der Waals surface area contributed by atoms with E-state index in [1.807, 2.05) is 78.8 Å². The molecule has 0 unspecified atom stereocenters. The molecule has 41 heavy (non-hydrogen) atoms. The van der Waals surface area contributed by atoms with Gasteiger partial charge in [-0.25, -0.2) is 4.79 Å². The van der Waals surface area contributed by atoms with Crippen molar-refractivity contribution in [3.8, 4) is 0 Å². The number of aliphatic hydroxyl groups excluding tert-OH is 1. The van der Waals surface area contributed by atoms with Gasteiger partial charge in [0.1, 0.15) is 24.7 Å². The van der Waals surface area contributed by atoms with E-state index in [2.05, 4.69) is 10.6 Å². The molecule has 3 amide bonds. The molecule has 2 rings (SSSR count). The Morgan fingerprint density at radius 1 is 1.02 bits per heavy atom. The van der Waals surface area contributed by atoms with Crippen LogP contribution in [-0.4, -0.2) is 64.5 Å². The van der Waals surface area contributed by atoms with E-state index in [0.29, 0.717) is 25.8 Å². The molecule has 3 N–H and O–H groups in total. The molecule has 1 saturated heterocycles. The van der Waals surface area contributed by atoms with Crippen molar-refractivity contribution in [2.45, 2.75) is 111 Å². The quantitative estimate of drug-likeness (QED) is 0.274. The molecule has 0 radical (unpaired) electrons. The van der Waals surface area contributed by atoms with Crippen LogP contribution in [0.5, 0.6) is 0 Å². The van der Waals surface area contributed by atoms with Crippen molar-refractivity contribution in [1.82, 2.24) is 15.5 Å². The third-order valence-electron chi connectivity index (χ3n) is 8.16. The van der Waals surface area contributed by atoms with E-state index in [1.54, 1.807) is 0 Å². The van der Waals surface area contributed by atoms with Gasteiger partial charge in [-0.05, 0) is 48.5 Å². The van der Waals surface area contributed by atoms with Crippen LogP contribution in [0.4, 0.5) is 0 Å². The lowest BCUT2D eigenvalue weighted by atomic mass is 9.87. The number of nitrogens with zero attached hydrogens (tertiary/aromatic N) is 1. The third kappa shape index (κ3) is 10.4. The van der Waals surface area contributed by atoms with Gasteiger partial charge >= 0.3 is 5.97 Å². The number of benzene rings is 1. The summed E-state index contributed by atoms with van der Waals surface area (Å²) in [5.74, 6) is -1.59. The van der Waals surface area contributed by atoms with Crippen LogP contribution in [0.3, 0.4) is 0 Å². The predicted molar refractivity (Wildman–Crippen MR) is 158 cm³/mol. The maximum atomic E-state index is 13.7. The highest BCUT2D eigenvalue weighted by molar-refractivity contribution is 5.94. The molecule has 1 aromatic carbocycles. The van der Waals surface area contributed by atoms with Gasteiger partial charge in [-0.3, -0.25) is 14.4 Å². The summed E-state index contributed by atoms with van der Waals surface area (Å²) in [6.45, 7) is 14.1. The van der Waals surface area contributed by atoms with E-state index >= 15 is 0 Å². The van der Waals surface area contributed by atoms with Gasteiger partial charge in [-0.15, -0.1) is 0 Å². The summed E-state index contributed by atoms with van der Waals surface area (Å²) in [5, 5.41) is 16.2. The standard InChI is InChI=1S/C32H51N3O6/c1-8-22(6)23(7)27(36)18-28(37)34-29(21(4)5)30(38)33-25(17-20(2)3)31(39)35-16-12-15-26(35)32(40)41-19-24-13-10-9-11-14-24/h9-11,13-14,20-23,25-27,29,36H,8,12,15-19H2,1-7H3,(H,33,38)(H,34,37)/t22-,23+,25-,26-,27-,29-/m0/s1. The Labute approximate surface area is 245 Å². The summed E-state index contributed by atoms with van der Waals surface area (Å²) in [6, 6.07) is 6.95. The summed E-state index contributed by atoms with van der Waals surface area (Å²) in [7, 11) is 0. The summed E-state index contributed by atoms with van der Waals surface area (Å²) < 4.78 is 5.53. The largest absolute Gasteiger partial charge is 0.459 e. The summed E-state index contributed by atoms with van der Waals surface area (Å²) >= 11 is 0. The monoisotopic (exact) mass is 573 g/mol. The minimum Gasteiger partial charge on any atom is -0.459 e. The van der Waals surface area contributed by atoms with Crippen LogP contribution in [0.1, 0.15) is 86.1 Å². The third-order valence-corrected chi connectivity index (χ3v) is 8.16. The molecule has 6 atom stereocenters. The molecule has 1 aromatic rings. The first-order chi connectivity index (χ1) is 19.3. The molecule has 0 saturated carbocycles. The van der Waals surface area contributed by atoms with Crippen LogP contribution >= 0.6 is 0 Å². The van der Waals surface area contributed by atoms with E-state index in [0.717, 1.165) is 12.0 Å². The zero-order valence-corrected chi connectivity index (χ0v) is 25.9. The smallest absolute Gasteiger partial charge is 0.329 e. The Morgan fingerprint density at radius 2 is 1.68 bits per heavy atom. The molecule has 9 heteroatoms. The molecule has 1 aliphatic rings. The van der Waals surface area contributed by atoms with Crippen molar-refractivity contribution < 1.29 is 29.0 Å². The van der Waals surface area contributed by atoms with E-state index in [4.69, 9.17) is 4.74 Å². The van der Waals surface area contributed by atoms with Crippen LogP contribution < -0.4 is 10.6 Å².